The van der Waals surface area contributed by atoms with Crippen LogP contribution in [0.3, 0.4) is 0 Å². The summed E-state index contributed by atoms with van der Waals surface area (Å²) in [4.78, 5) is 12.0. The van der Waals surface area contributed by atoms with Crippen molar-refractivity contribution in [2.24, 2.45) is 0 Å². The summed E-state index contributed by atoms with van der Waals surface area (Å²) in [6.45, 7) is 3.46. The van der Waals surface area contributed by atoms with Crippen LogP contribution < -0.4 is 5.73 Å². The predicted molar refractivity (Wildman–Crippen MR) is 74.6 cm³/mol. The molecule has 2 aromatic rings. The zero-order chi connectivity index (χ0) is 13.1. The molecule has 6 heteroatoms. The van der Waals surface area contributed by atoms with Crippen molar-refractivity contribution in [2.75, 3.05) is 26.5 Å². The third-order valence-corrected chi connectivity index (χ3v) is 3.76. The number of methoxy groups -OCH3 is 1. The summed E-state index contributed by atoms with van der Waals surface area (Å²) in [5.41, 5.74) is 5.92. The minimum atomic E-state index is 0.318. The number of fused-ring (bicyclic) bond motifs is 1. The van der Waals surface area contributed by atoms with Crippen LogP contribution in [0.15, 0.2) is 11.4 Å². The summed E-state index contributed by atoms with van der Waals surface area (Å²) in [7, 11) is 3.73. The van der Waals surface area contributed by atoms with Crippen LogP contribution in [-0.4, -0.2) is 41.7 Å². The van der Waals surface area contributed by atoms with E-state index in [9.17, 15) is 0 Å². The molecule has 0 aliphatic heterocycles. The molecule has 5 nitrogen and oxygen atoms in total. The highest BCUT2D eigenvalue weighted by Gasteiger charge is 2.12. The van der Waals surface area contributed by atoms with Gasteiger partial charge in [-0.3, -0.25) is 4.90 Å². The molecule has 1 unspecified atom stereocenters. The van der Waals surface area contributed by atoms with E-state index < -0.39 is 0 Å². The molecule has 0 saturated heterocycles. The topological polar surface area (TPSA) is 64.3 Å². The molecule has 0 saturated carbocycles. The van der Waals surface area contributed by atoms with Gasteiger partial charge in [0.1, 0.15) is 16.5 Å². The highest BCUT2D eigenvalue weighted by atomic mass is 32.1. The second-order valence-electron chi connectivity index (χ2n) is 4.38. The lowest BCUT2D eigenvalue weighted by Crippen LogP contribution is -2.32. The average molecular weight is 266 g/mol. The van der Waals surface area contributed by atoms with E-state index in [1.807, 2.05) is 18.5 Å². The number of thiophene rings is 1. The first kappa shape index (κ1) is 13.2. The summed E-state index contributed by atoms with van der Waals surface area (Å²) in [5, 5.41) is 2.92. The lowest BCUT2D eigenvalue weighted by molar-refractivity contribution is 0.110. The van der Waals surface area contributed by atoms with E-state index in [2.05, 4.69) is 21.8 Å². The number of hydrogen-bond donors (Lipinski definition) is 1. The van der Waals surface area contributed by atoms with Gasteiger partial charge in [0.25, 0.3) is 0 Å². The first-order chi connectivity index (χ1) is 8.61. The fraction of sp³-hybridized carbons (Fsp3) is 0.500. The fourth-order valence-corrected chi connectivity index (χ4v) is 2.53. The molecule has 0 bridgehead atoms. The van der Waals surface area contributed by atoms with E-state index in [-0.39, 0.29) is 0 Å². The van der Waals surface area contributed by atoms with Crippen LogP contribution in [0.25, 0.3) is 10.2 Å². The summed E-state index contributed by atoms with van der Waals surface area (Å²) < 4.78 is 5.14. The number of hydrogen-bond acceptors (Lipinski definition) is 6. The summed E-state index contributed by atoms with van der Waals surface area (Å²) in [6.07, 6.45) is 0. The third-order valence-electron chi connectivity index (χ3n) is 2.95. The number of anilines is 1. The maximum atomic E-state index is 5.92. The standard InChI is InChI=1S/C12H18N4OS/c1-8(7-17-3)16(2)6-10-14-11(13)9-4-5-18-12(9)15-10/h4-5,8H,6-7H2,1-3H3,(H2,13,14,15). The molecule has 0 aliphatic carbocycles. The molecule has 0 spiro atoms. The van der Waals surface area contributed by atoms with E-state index in [4.69, 9.17) is 10.5 Å². The molecule has 1 atom stereocenters. The second kappa shape index (κ2) is 5.60. The molecule has 0 radical (unpaired) electrons. The van der Waals surface area contributed by atoms with E-state index in [0.29, 0.717) is 25.0 Å². The number of aromatic nitrogens is 2. The van der Waals surface area contributed by atoms with Gasteiger partial charge in [-0.15, -0.1) is 11.3 Å². The predicted octanol–water partition coefficient (Wildman–Crippen LogP) is 1.74. The lowest BCUT2D eigenvalue weighted by Gasteiger charge is -2.23. The largest absolute Gasteiger partial charge is 0.383 e. The van der Waals surface area contributed by atoms with E-state index in [1.165, 1.54) is 0 Å². The van der Waals surface area contributed by atoms with Crippen molar-refractivity contribution in [3.63, 3.8) is 0 Å². The van der Waals surface area contributed by atoms with Gasteiger partial charge in [-0.05, 0) is 25.4 Å². The van der Waals surface area contributed by atoms with Gasteiger partial charge < -0.3 is 10.5 Å². The van der Waals surface area contributed by atoms with Crippen molar-refractivity contribution in [2.45, 2.75) is 19.5 Å². The van der Waals surface area contributed by atoms with Crippen molar-refractivity contribution in [3.05, 3.63) is 17.3 Å². The number of likely N-dealkylation sites (N-methyl/N-ethyl adjacent to an activating group) is 1. The van der Waals surface area contributed by atoms with E-state index in [1.54, 1.807) is 18.4 Å². The molecule has 18 heavy (non-hydrogen) atoms. The van der Waals surface area contributed by atoms with Gasteiger partial charge in [0.15, 0.2) is 0 Å². The normalized spacial score (nSPS) is 13.3. The smallest absolute Gasteiger partial charge is 0.146 e. The highest BCUT2D eigenvalue weighted by Crippen LogP contribution is 2.23. The van der Waals surface area contributed by atoms with Crippen molar-refractivity contribution in [1.29, 1.82) is 0 Å². The number of ether oxygens (including phenoxy) is 1. The monoisotopic (exact) mass is 266 g/mol. The minimum absolute atomic E-state index is 0.318. The minimum Gasteiger partial charge on any atom is -0.383 e. The third kappa shape index (κ3) is 2.77. The van der Waals surface area contributed by atoms with Crippen molar-refractivity contribution in [3.8, 4) is 0 Å². The molecule has 2 heterocycles. The Hall–Kier alpha value is -1.24. The van der Waals surface area contributed by atoms with Crippen molar-refractivity contribution in [1.82, 2.24) is 14.9 Å². The maximum absolute atomic E-state index is 5.92. The van der Waals surface area contributed by atoms with Gasteiger partial charge in [-0.2, -0.15) is 0 Å². The molecule has 0 fully saturated rings. The number of nitrogens with two attached hydrogens (primary N) is 1. The Morgan fingerprint density at radius 3 is 3.00 bits per heavy atom. The molecular formula is C12H18N4OS. The molecular weight excluding hydrogens is 248 g/mol. The molecule has 98 valence electrons. The molecule has 2 N–H and O–H groups in total. The Morgan fingerprint density at radius 1 is 1.50 bits per heavy atom. The highest BCUT2D eigenvalue weighted by molar-refractivity contribution is 7.16. The Morgan fingerprint density at radius 2 is 2.28 bits per heavy atom. The number of nitrogens with zero attached hydrogens (tertiary/aromatic N) is 3. The first-order valence-corrected chi connectivity index (χ1v) is 6.68. The van der Waals surface area contributed by atoms with Crippen molar-refractivity contribution < 1.29 is 4.74 Å². The van der Waals surface area contributed by atoms with Crippen LogP contribution in [0, 0.1) is 0 Å². The van der Waals surface area contributed by atoms with Crippen LogP contribution in [-0.2, 0) is 11.3 Å². The lowest BCUT2D eigenvalue weighted by atomic mass is 10.3. The second-order valence-corrected chi connectivity index (χ2v) is 5.28. The zero-order valence-electron chi connectivity index (χ0n) is 10.9. The van der Waals surface area contributed by atoms with Crippen LogP contribution in [0.2, 0.25) is 0 Å². The van der Waals surface area contributed by atoms with E-state index >= 15 is 0 Å². The summed E-state index contributed by atoms with van der Waals surface area (Å²) >= 11 is 1.59. The van der Waals surface area contributed by atoms with E-state index in [0.717, 1.165) is 16.0 Å². The Bertz CT molecular complexity index is 528. The fourth-order valence-electron chi connectivity index (χ4n) is 1.74. The molecule has 0 aromatic carbocycles. The quantitative estimate of drug-likeness (QED) is 0.893. The van der Waals surface area contributed by atoms with Gasteiger partial charge in [0, 0.05) is 13.2 Å². The summed E-state index contributed by atoms with van der Waals surface area (Å²) in [6, 6.07) is 2.27. The Labute approximate surface area is 111 Å². The van der Waals surface area contributed by atoms with Crippen LogP contribution in [0.1, 0.15) is 12.7 Å². The van der Waals surface area contributed by atoms with Gasteiger partial charge >= 0.3 is 0 Å². The summed E-state index contributed by atoms with van der Waals surface area (Å²) in [5.74, 6) is 1.32. The molecule has 0 amide bonds. The Kier molecular flexibility index (Phi) is 4.11. The molecule has 2 aromatic heterocycles. The van der Waals surface area contributed by atoms with Gasteiger partial charge in [-0.25, -0.2) is 9.97 Å². The van der Waals surface area contributed by atoms with Crippen LogP contribution >= 0.6 is 11.3 Å². The van der Waals surface area contributed by atoms with Gasteiger partial charge in [0.2, 0.25) is 0 Å². The van der Waals surface area contributed by atoms with Crippen LogP contribution in [0.4, 0.5) is 5.82 Å². The zero-order valence-corrected chi connectivity index (χ0v) is 11.7. The SMILES string of the molecule is COCC(C)N(C)Cc1nc(N)c2ccsc2n1. The number of rotatable bonds is 5. The first-order valence-electron chi connectivity index (χ1n) is 5.80. The Balaban J connectivity index is 2.16. The molecule has 2 rings (SSSR count). The average Bonchev–Trinajstić information content (AvgIpc) is 2.77. The number of nitrogen functional groups attached to an aromatic ring is 1. The van der Waals surface area contributed by atoms with Crippen LogP contribution in [0.5, 0.6) is 0 Å². The maximum Gasteiger partial charge on any atom is 0.146 e. The van der Waals surface area contributed by atoms with Gasteiger partial charge in [-0.1, -0.05) is 0 Å². The molecule has 0 aliphatic rings. The van der Waals surface area contributed by atoms with Crippen molar-refractivity contribution >= 4 is 27.4 Å². The van der Waals surface area contributed by atoms with Gasteiger partial charge in [0.05, 0.1) is 18.5 Å².